The molecule has 2 aromatic rings. The van der Waals surface area contributed by atoms with Crippen LogP contribution in [0.1, 0.15) is 29.4 Å². The number of aryl methyl sites for hydroxylation is 1. The number of hydrogen-bond acceptors (Lipinski definition) is 4. The van der Waals surface area contributed by atoms with Crippen molar-refractivity contribution in [3.63, 3.8) is 0 Å². The van der Waals surface area contributed by atoms with E-state index in [4.69, 9.17) is 4.74 Å². The number of carbonyl (C=O) groups is 2. The predicted octanol–water partition coefficient (Wildman–Crippen LogP) is 3.00. The van der Waals surface area contributed by atoms with Crippen LogP contribution in [-0.4, -0.2) is 23.3 Å². The number of carbonyl (C=O) groups excluding carboxylic acids is 2. The summed E-state index contributed by atoms with van der Waals surface area (Å²) in [4.78, 5) is 27.5. The topological polar surface area (TPSA) is 68.3 Å². The number of ether oxygens (including phenoxy) is 1. The van der Waals surface area contributed by atoms with E-state index in [0.717, 1.165) is 5.69 Å². The lowest BCUT2D eigenvalue weighted by atomic mass is 10.1. The summed E-state index contributed by atoms with van der Waals surface area (Å²) in [7, 11) is 0. The van der Waals surface area contributed by atoms with Crippen molar-refractivity contribution < 1.29 is 14.3 Å². The Bertz CT molecular complexity index is 666. The van der Waals surface area contributed by atoms with Crippen LogP contribution in [0.5, 0.6) is 5.75 Å². The highest BCUT2D eigenvalue weighted by Gasteiger charge is 2.06. The first-order chi connectivity index (χ1) is 10.6. The number of hydrogen-bond donors (Lipinski definition) is 1. The molecule has 5 heteroatoms. The van der Waals surface area contributed by atoms with Gasteiger partial charge in [-0.15, -0.1) is 0 Å². The van der Waals surface area contributed by atoms with Crippen LogP contribution in [0.25, 0.3) is 0 Å². The van der Waals surface area contributed by atoms with E-state index in [1.165, 1.54) is 0 Å². The third-order valence-electron chi connectivity index (χ3n) is 3.02. The van der Waals surface area contributed by atoms with Crippen LogP contribution in [0, 0.1) is 6.92 Å². The molecule has 114 valence electrons. The molecule has 0 saturated carbocycles. The Kier molecular flexibility index (Phi) is 5.25. The Hall–Kier alpha value is -2.69. The first-order valence-electron chi connectivity index (χ1n) is 7.08. The van der Waals surface area contributed by atoms with Crippen molar-refractivity contribution in [1.82, 2.24) is 4.98 Å². The van der Waals surface area contributed by atoms with Crippen LogP contribution in [0.2, 0.25) is 0 Å². The quantitative estimate of drug-likeness (QED) is 0.832. The molecule has 0 atom stereocenters. The number of anilines is 1. The summed E-state index contributed by atoms with van der Waals surface area (Å²) in [5.41, 5.74) is 1.47. The van der Waals surface area contributed by atoms with Gasteiger partial charge in [-0.05, 0) is 43.3 Å². The molecule has 1 heterocycles. The van der Waals surface area contributed by atoms with Crippen molar-refractivity contribution >= 4 is 17.5 Å². The summed E-state index contributed by atoms with van der Waals surface area (Å²) in [5.74, 6) is 0.833. The molecule has 0 spiro atoms. The molecule has 1 amide bonds. The Labute approximate surface area is 129 Å². The minimum absolute atomic E-state index is 0.0785. The van der Waals surface area contributed by atoms with Gasteiger partial charge in [0, 0.05) is 17.7 Å². The molecule has 1 N–H and O–H groups in total. The third-order valence-corrected chi connectivity index (χ3v) is 3.02. The van der Waals surface area contributed by atoms with E-state index in [9.17, 15) is 9.59 Å². The van der Waals surface area contributed by atoms with Crippen molar-refractivity contribution in [2.24, 2.45) is 0 Å². The van der Waals surface area contributed by atoms with Gasteiger partial charge in [-0.2, -0.15) is 0 Å². The minimum atomic E-state index is -0.285. The Morgan fingerprint density at radius 2 is 1.86 bits per heavy atom. The fourth-order valence-corrected chi connectivity index (χ4v) is 1.88. The predicted molar refractivity (Wildman–Crippen MR) is 84.2 cm³/mol. The normalized spacial score (nSPS) is 10.1. The Morgan fingerprint density at radius 1 is 1.14 bits per heavy atom. The SMILES string of the molecule is CCC(=O)c1ccc(OCC(=O)Nc2cccc(C)n2)cc1. The smallest absolute Gasteiger partial charge is 0.263 e. The van der Waals surface area contributed by atoms with Gasteiger partial charge >= 0.3 is 0 Å². The van der Waals surface area contributed by atoms with Gasteiger partial charge in [0.05, 0.1) is 0 Å². The highest BCUT2D eigenvalue weighted by Crippen LogP contribution is 2.13. The van der Waals surface area contributed by atoms with Crippen LogP contribution in [0.3, 0.4) is 0 Å². The zero-order valence-corrected chi connectivity index (χ0v) is 12.6. The van der Waals surface area contributed by atoms with E-state index in [-0.39, 0.29) is 18.3 Å². The first-order valence-corrected chi connectivity index (χ1v) is 7.08. The molecule has 2 rings (SSSR count). The number of Topliss-reactive ketones (excluding diaryl/α,β-unsaturated/α-hetero) is 1. The molecule has 22 heavy (non-hydrogen) atoms. The Morgan fingerprint density at radius 3 is 2.50 bits per heavy atom. The highest BCUT2D eigenvalue weighted by molar-refractivity contribution is 5.96. The molecule has 0 saturated heterocycles. The van der Waals surface area contributed by atoms with E-state index in [1.54, 1.807) is 30.3 Å². The zero-order valence-electron chi connectivity index (χ0n) is 12.6. The lowest BCUT2D eigenvalue weighted by Gasteiger charge is -2.08. The second kappa shape index (κ2) is 7.36. The van der Waals surface area contributed by atoms with Gasteiger partial charge in [0.25, 0.3) is 5.91 Å². The molecule has 0 fully saturated rings. The zero-order chi connectivity index (χ0) is 15.9. The van der Waals surface area contributed by atoms with Crippen molar-refractivity contribution in [3.8, 4) is 5.75 Å². The molecule has 0 aliphatic heterocycles. The van der Waals surface area contributed by atoms with Gasteiger partial charge in [0.1, 0.15) is 11.6 Å². The number of benzene rings is 1. The molecule has 0 radical (unpaired) electrons. The maximum absolute atomic E-state index is 11.8. The van der Waals surface area contributed by atoms with E-state index < -0.39 is 0 Å². The summed E-state index contributed by atoms with van der Waals surface area (Å²) in [6.07, 6.45) is 0.464. The fourth-order valence-electron chi connectivity index (χ4n) is 1.88. The molecular formula is C17H18N2O3. The van der Waals surface area contributed by atoms with Crippen LogP contribution in [0.4, 0.5) is 5.82 Å². The van der Waals surface area contributed by atoms with Gasteiger partial charge in [0.15, 0.2) is 12.4 Å². The van der Waals surface area contributed by atoms with E-state index in [0.29, 0.717) is 23.6 Å². The summed E-state index contributed by atoms with van der Waals surface area (Å²) in [6, 6.07) is 12.1. The first kappa shape index (κ1) is 15.7. The minimum Gasteiger partial charge on any atom is -0.484 e. The third kappa shape index (κ3) is 4.41. The molecule has 5 nitrogen and oxygen atoms in total. The van der Waals surface area contributed by atoms with Crippen molar-refractivity contribution in [1.29, 1.82) is 0 Å². The number of aromatic nitrogens is 1. The highest BCUT2D eigenvalue weighted by atomic mass is 16.5. The number of nitrogens with zero attached hydrogens (tertiary/aromatic N) is 1. The van der Waals surface area contributed by atoms with Gasteiger partial charge in [0.2, 0.25) is 0 Å². The largest absolute Gasteiger partial charge is 0.484 e. The van der Waals surface area contributed by atoms with Gasteiger partial charge in [-0.1, -0.05) is 13.0 Å². The lowest BCUT2D eigenvalue weighted by Crippen LogP contribution is -2.20. The number of pyridine rings is 1. The molecule has 0 aliphatic rings. The van der Waals surface area contributed by atoms with E-state index >= 15 is 0 Å². The summed E-state index contributed by atoms with van der Waals surface area (Å²) in [6.45, 7) is 3.55. The number of nitrogens with one attached hydrogen (secondary N) is 1. The lowest BCUT2D eigenvalue weighted by molar-refractivity contribution is -0.118. The summed E-state index contributed by atoms with van der Waals surface area (Å²) < 4.78 is 5.39. The van der Waals surface area contributed by atoms with E-state index in [1.807, 2.05) is 26.0 Å². The van der Waals surface area contributed by atoms with Gasteiger partial charge < -0.3 is 10.1 Å². The maximum atomic E-state index is 11.8. The number of amides is 1. The number of ketones is 1. The molecular weight excluding hydrogens is 280 g/mol. The van der Waals surface area contributed by atoms with Gasteiger partial charge in [-0.3, -0.25) is 9.59 Å². The average Bonchev–Trinajstić information content (AvgIpc) is 2.52. The van der Waals surface area contributed by atoms with Gasteiger partial charge in [-0.25, -0.2) is 4.98 Å². The standard InChI is InChI=1S/C17H18N2O3/c1-3-15(20)13-7-9-14(10-8-13)22-11-17(21)19-16-6-4-5-12(2)18-16/h4-10H,3,11H2,1-2H3,(H,18,19,21). The monoisotopic (exact) mass is 298 g/mol. The van der Waals surface area contributed by atoms with Crippen LogP contribution < -0.4 is 10.1 Å². The Balaban J connectivity index is 1.87. The molecule has 0 bridgehead atoms. The van der Waals surface area contributed by atoms with Crippen LogP contribution in [-0.2, 0) is 4.79 Å². The summed E-state index contributed by atoms with van der Waals surface area (Å²) >= 11 is 0. The van der Waals surface area contributed by atoms with Crippen molar-refractivity contribution in [2.45, 2.75) is 20.3 Å². The van der Waals surface area contributed by atoms with Crippen LogP contribution in [0.15, 0.2) is 42.5 Å². The second-order valence-electron chi connectivity index (χ2n) is 4.80. The second-order valence-corrected chi connectivity index (χ2v) is 4.80. The average molecular weight is 298 g/mol. The van der Waals surface area contributed by atoms with Crippen molar-refractivity contribution in [2.75, 3.05) is 11.9 Å². The van der Waals surface area contributed by atoms with Crippen LogP contribution >= 0.6 is 0 Å². The maximum Gasteiger partial charge on any atom is 0.263 e. The molecule has 0 aliphatic carbocycles. The molecule has 1 aromatic carbocycles. The van der Waals surface area contributed by atoms with Crippen molar-refractivity contribution in [3.05, 3.63) is 53.7 Å². The summed E-state index contributed by atoms with van der Waals surface area (Å²) in [5, 5.41) is 2.66. The molecule has 1 aromatic heterocycles. The molecule has 0 unspecified atom stereocenters. The fraction of sp³-hybridized carbons (Fsp3) is 0.235. The number of rotatable bonds is 6. The van der Waals surface area contributed by atoms with E-state index in [2.05, 4.69) is 10.3 Å².